The SMILES string of the molecule is O=C(NCCCn1ccnc1)c1nn(-c2ccc(F)cc2)c2c1CCCC2. The van der Waals surface area contributed by atoms with Crippen molar-refractivity contribution in [2.75, 3.05) is 6.54 Å². The lowest BCUT2D eigenvalue weighted by atomic mass is 9.95. The van der Waals surface area contributed by atoms with Crippen molar-refractivity contribution in [2.45, 2.75) is 38.6 Å². The van der Waals surface area contributed by atoms with Crippen LogP contribution in [0.15, 0.2) is 43.0 Å². The first kappa shape index (κ1) is 17.5. The van der Waals surface area contributed by atoms with Gasteiger partial charge in [-0.05, 0) is 56.4 Å². The van der Waals surface area contributed by atoms with Crippen LogP contribution in [0.1, 0.15) is 41.0 Å². The molecule has 140 valence electrons. The molecule has 0 saturated carbocycles. The molecule has 1 aliphatic carbocycles. The van der Waals surface area contributed by atoms with Gasteiger partial charge in [0, 0.05) is 36.7 Å². The van der Waals surface area contributed by atoms with E-state index in [4.69, 9.17) is 0 Å². The molecule has 1 amide bonds. The zero-order valence-corrected chi connectivity index (χ0v) is 15.1. The summed E-state index contributed by atoms with van der Waals surface area (Å²) in [5.74, 6) is -0.421. The van der Waals surface area contributed by atoms with E-state index in [-0.39, 0.29) is 11.7 Å². The Kier molecular flexibility index (Phi) is 5.00. The maximum atomic E-state index is 13.3. The summed E-state index contributed by atoms with van der Waals surface area (Å²) in [4.78, 5) is 16.7. The van der Waals surface area contributed by atoms with Crippen LogP contribution in [0.2, 0.25) is 0 Å². The molecule has 7 heteroatoms. The van der Waals surface area contributed by atoms with Gasteiger partial charge in [0.1, 0.15) is 5.82 Å². The number of benzene rings is 1. The lowest BCUT2D eigenvalue weighted by Gasteiger charge is -2.14. The van der Waals surface area contributed by atoms with E-state index in [0.717, 1.165) is 55.6 Å². The molecule has 1 aromatic carbocycles. The van der Waals surface area contributed by atoms with Crippen molar-refractivity contribution in [3.8, 4) is 5.69 Å². The lowest BCUT2D eigenvalue weighted by Crippen LogP contribution is -2.26. The van der Waals surface area contributed by atoms with E-state index < -0.39 is 0 Å². The van der Waals surface area contributed by atoms with Crippen LogP contribution < -0.4 is 5.32 Å². The van der Waals surface area contributed by atoms with E-state index in [1.54, 1.807) is 29.3 Å². The largest absolute Gasteiger partial charge is 0.351 e. The van der Waals surface area contributed by atoms with Crippen molar-refractivity contribution < 1.29 is 9.18 Å². The first-order chi connectivity index (χ1) is 13.2. The average Bonchev–Trinajstić information content (AvgIpc) is 3.34. The highest BCUT2D eigenvalue weighted by atomic mass is 19.1. The Bertz CT molecular complexity index is 915. The van der Waals surface area contributed by atoms with Gasteiger partial charge < -0.3 is 9.88 Å². The summed E-state index contributed by atoms with van der Waals surface area (Å²) in [6.07, 6.45) is 10.1. The van der Waals surface area contributed by atoms with E-state index in [9.17, 15) is 9.18 Å². The number of hydrogen-bond acceptors (Lipinski definition) is 3. The third-order valence-corrected chi connectivity index (χ3v) is 4.90. The minimum absolute atomic E-state index is 0.139. The molecule has 0 atom stereocenters. The standard InChI is InChI=1S/C20H22FN5O/c21-15-6-8-16(9-7-15)26-18-5-2-1-4-17(18)19(24-26)20(27)23-10-3-12-25-13-11-22-14-25/h6-9,11,13-14H,1-5,10,12H2,(H,23,27). The number of aromatic nitrogens is 4. The highest BCUT2D eigenvalue weighted by Crippen LogP contribution is 2.27. The highest BCUT2D eigenvalue weighted by Gasteiger charge is 2.25. The van der Waals surface area contributed by atoms with Crippen LogP contribution in [0.4, 0.5) is 4.39 Å². The minimum atomic E-state index is -0.282. The van der Waals surface area contributed by atoms with Gasteiger partial charge >= 0.3 is 0 Å². The van der Waals surface area contributed by atoms with Crippen molar-refractivity contribution in [1.82, 2.24) is 24.6 Å². The number of imidazole rings is 1. The fourth-order valence-corrected chi connectivity index (χ4v) is 3.54. The zero-order valence-electron chi connectivity index (χ0n) is 15.1. The molecule has 0 bridgehead atoms. The number of rotatable bonds is 6. The van der Waals surface area contributed by atoms with Gasteiger partial charge in [0.05, 0.1) is 12.0 Å². The second kappa shape index (κ2) is 7.73. The summed E-state index contributed by atoms with van der Waals surface area (Å²) >= 11 is 0. The topological polar surface area (TPSA) is 64.7 Å². The number of hydrogen-bond donors (Lipinski definition) is 1. The van der Waals surface area contributed by atoms with Crippen molar-refractivity contribution in [3.63, 3.8) is 0 Å². The quantitative estimate of drug-likeness (QED) is 0.682. The Morgan fingerprint density at radius 2 is 2.00 bits per heavy atom. The van der Waals surface area contributed by atoms with Crippen molar-refractivity contribution >= 4 is 5.91 Å². The number of nitrogens with one attached hydrogen (secondary N) is 1. The predicted octanol–water partition coefficient (Wildman–Crippen LogP) is 2.91. The van der Waals surface area contributed by atoms with E-state index in [0.29, 0.717) is 12.2 Å². The van der Waals surface area contributed by atoms with E-state index in [1.165, 1.54) is 12.1 Å². The van der Waals surface area contributed by atoms with E-state index in [1.807, 2.05) is 10.8 Å². The zero-order chi connectivity index (χ0) is 18.6. The molecule has 0 spiro atoms. The molecule has 2 heterocycles. The first-order valence-electron chi connectivity index (χ1n) is 9.33. The maximum Gasteiger partial charge on any atom is 0.272 e. The van der Waals surface area contributed by atoms with Gasteiger partial charge in [0.15, 0.2) is 5.69 Å². The summed E-state index contributed by atoms with van der Waals surface area (Å²) in [6.45, 7) is 1.39. The smallest absolute Gasteiger partial charge is 0.272 e. The first-order valence-corrected chi connectivity index (χ1v) is 9.33. The molecule has 0 aliphatic heterocycles. The van der Waals surface area contributed by atoms with Crippen molar-refractivity contribution in [3.05, 3.63) is 65.8 Å². The van der Waals surface area contributed by atoms with Crippen molar-refractivity contribution in [1.29, 1.82) is 0 Å². The molecule has 4 rings (SSSR count). The summed E-state index contributed by atoms with van der Waals surface area (Å²) in [7, 11) is 0. The Morgan fingerprint density at radius 3 is 2.78 bits per heavy atom. The van der Waals surface area contributed by atoms with Crippen LogP contribution in [-0.2, 0) is 19.4 Å². The number of halogens is 1. The molecular formula is C20H22FN5O. The molecule has 1 N–H and O–H groups in total. The predicted molar refractivity (Wildman–Crippen MR) is 99.3 cm³/mol. The second-order valence-corrected chi connectivity index (χ2v) is 6.78. The van der Waals surface area contributed by atoms with Gasteiger partial charge in [0.25, 0.3) is 5.91 Å². The third kappa shape index (κ3) is 3.77. The molecule has 0 unspecified atom stereocenters. The minimum Gasteiger partial charge on any atom is -0.351 e. The molecule has 0 saturated heterocycles. The fraction of sp³-hybridized carbons (Fsp3) is 0.350. The summed E-state index contributed by atoms with van der Waals surface area (Å²) in [5, 5.41) is 7.56. The van der Waals surface area contributed by atoms with E-state index >= 15 is 0 Å². The van der Waals surface area contributed by atoms with Crippen LogP contribution in [0, 0.1) is 5.82 Å². The molecule has 0 fully saturated rings. The lowest BCUT2D eigenvalue weighted by molar-refractivity contribution is 0.0946. The average molecular weight is 367 g/mol. The molecule has 0 radical (unpaired) electrons. The van der Waals surface area contributed by atoms with Gasteiger partial charge in [-0.2, -0.15) is 5.10 Å². The number of nitrogens with zero attached hydrogens (tertiary/aromatic N) is 4. The number of amides is 1. The van der Waals surface area contributed by atoms with Gasteiger partial charge in [-0.1, -0.05) is 0 Å². The Labute approximate surface area is 157 Å². The molecular weight excluding hydrogens is 345 g/mol. The Balaban J connectivity index is 1.50. The van der Waals surface area contributed by atoms with Gasteiger partial charge in [-0.3, -0.25) is 4.79 Å². The highest BCUT2D eigenvalue weighted by molar-refractivity contribution is 5.94. The fourth-order valence-electron chi connectivity index (χ4n) is 3.54. The molecule has 1 aliphatic rings. The number of carbonyl (C=O) groups excluding carboxylic acids is 1. The van der Waals surface area contributed by atoms with Crippen LogP contribution >= 0.6 is 0 Å². The third-order valence-electron chi connectivity index (χ3n) is 4.90. The number of fused-ring (bicyclic) bond motifs is 1. The van der Waals surface area contributed by atoms with Gasteiger partial charge in [-0.25, -0.2) is 14.1 Å². The number of aryl methyl sites for hydroxylation is 1. The van der Waals surface area contributed by atoms with Gasteiger partial charge in [-0.15, -0.1) is 0 Å². The second-order valence-electron chi connectivity index (χ2n) is 6.78. The van der Waals surface area contributed by atoms with Crippen LogP contribution in [-0.4, -0.2) is 31.8 Å². The summed E-state index contributed by atoms with van der Waals surface area (Å²) in [6, 6.07) is 6.23. The summed E-state index contributed by atoms with van der Waals surface area (Å²) in [5.41, 5.74) is 3.37. The maximum absolute atomic E-state index is 13.3. The van der Waals surface area contributed by atoms with E-state index in [2.05, 4.69) is 15.4 Å². The Hall–Kier alpha value is -2.96. The van der Waals surface area contributed by atoms with Crippen LogP contribution in [0.3, 0.4) is 0 Å². The van der Waals surface area contributed by atoms with Gasteiger partial charge in [0.2, 0.25) is 0 Å². The molecule has 2 aromatic heterocycles. The monoisotopic (exact) mass is 367 g/mol. The normalized spacial score (nSPS) is 13.4. The molecule has 6 nitrogen and oxygen atoms in total. The molecule has 27 heavy (non-hydrogen) atoms. The van der Waals surface area contributed by atoms with Crippen LogP contribution in [0.5, 0.6) is 0 Å². The van der Waals surface area contributed by atoms with Crippen LogP contribution in [0.25, 0.3) is 5.69 Å². The number of carbonyl (C=O) groups is 1. The molecule has 3 aromatic rings. The van der Waals surface area contributed by atoms with Crippen molar-refractivity contribution in [2.24, 2.45) is 0 Å². The summed E-state index contributed by atoms with van der Waals surface area (Å²) < 4.78 is 17.0. The Morgan fingerprint density at radius 1 is 1.19 bits per heavy atom.